The minimum atomic E-state index is -4.87. The van der Waals surface area contributed by atoms with E-state index in [-0.39, 0.29) is 28.5 Å². The van der Waals surface area contributed by atoms with Gasteiger partial charge >= 0.3 is 6.18 Å². The number of benzene rings is 3. The van der Waals surface area contributed by atoms with Crippen molar-refractivity contribution in [1.29, 1.82) is 0 Å². The zero-order valence-corrected chi connectivity index (χ0v) is 26.4. The molecule has 3 aromatic rings. The Morgan fingerprint density at radius 1 is 1.11 bits per heavy atom. The highest BCUT2D eigenvalue weighted by molar-refractivity contribution is 6.08. The minimum Gasteiger partial charge on any atom is -0.508 e. The number of phenols is 1. The number of halogens is 3. The van der Waals surface area contributed by atoms with Gasteiger partial charge in [-0.05, 0) is 36.5 Å². The van der Waals surface area contributed by atoms with Crippen LogP contribution in [0.2, 0.25) is 0 Å². The van der Waals surface area contributed by atoms with Crippen LogP contribution >= 0.6 is 0 Å². The van der Waals surface area contributed by atoms with Crippen molar-refractivity contribution in [2.75, 3.05) is 25.0 Å². The van der Waals surface area contributed by atoms with Crippen molar-refractivity contribution in [3.8, 4) is 11.5 Å². The molecule has 1 saturated heterocycles. The van der Waals surface area contributed by atoms with Gasteiger partial charge in [0.15, 0.2) is 0 Å². The summed E-state index contributed by atoms with van der Waals surface area (Å²) in [7, 11) is 0. The van der Waals surface area contributed by atoms with E-state index < -0.39 is 17.7 Å². The van der Waals surface area contributed by atoms with E-state index in [4.69, 9.17) is 4.74 Å². The highest BCUT2D eigenvalue weighted by Gasteiger charge is 2.68. The van der Waals surface area contributed by atoms with Crippen molar-refractivity contribution in [2.24, 2.45) is 11.8 Å². The number of phenolic OH excluding ortho intramolecular Hbond substituents is 1. The number of nitrogens with zero attached hydrogens (tertiary/aromatic N) is 1. The quantitative estimate of drug-likeness (QED) is 0.197. The lowest BCUT2D eigenvalue weighted by Crippen LogP contribution is -2.72. The number of carbonyl (C=O) groups is 1. The molecule has 3 aromatic carbocycles. The summed E-state index contributed by atoms with van der Waals surface area (Å²) >= 11 is 0. The van der Waals surface area contributed by atoms with Gasteiger partial charge in [0, 0.05) is 48.3 Å². The normalized spacial score (nSPS) is 28.0. The molecule has 242 valence electrons. The van der Waals surface area contributed by atoms with Crippen LogP contribution in [0.1, 0.15) is 61.8 Å². The van der Waals surface area contributed by atoms with Gasteiger partial charge in [-0.2, -0.15) is 13.2 Å². The van der Waals surface area contributed by atoms with Crippen LogP contribution in [0.4, 0.5) is 18.9 Å². The molecule has 7 rings (SSSR count). The van der Waals surface area contributed by atoms with E-state index in [0.29, 0.717) is 30.0 Å². The first-order chi connectivity index (χ1) is 22.0. The summed E-state index contributed by atoms with van der Waals surface area (Å²) in [6, 6.07) is 20.3. The summed E-state index contributed by atoms with van der Waals surface area (Å²) in [5, 5.41) is 14.1. The van der Waals surface area contributed by atoms with E-state index in [1.165, 1.54) is 23.8 Å². The Bertz CT molecular complexity index is 1660. The predicted octanol–water partition coefficient (Wildman–Crippen LogP) is 7.82. The molecule has 2 fully saturated rings. The number of aromatic hydroxyl groups is 1. The summed E-state index contributed by atoms with van der Waals surface area (Å²) in [5.74, 6) is 0.0346. The summed E-state index contributed by atoms with van der Waals surface area (Å²) in [4.78, 5) is 13.3. The number of hydrogen-bond acceptors (Lipinski definition) is 3. The second-order valence-electron chi connectivity index (χ2n) is 14.2. The summed E-state index contributed by atoms with van der Waals surface area (Å²) in [5.41, 5.74) is 1.87. The number of quaternary nitrogens is 1. The van der Waals surface area contributed by atoms with Gasteiger partial charge in [-0.3, -0.25) is 4.79 Å². The van der Waals surface area contributed by atoms with Crippen molar-refractivity contribution in [1.82, 2.24) is 0 Å². The molecule has 2 bridgehead atoms. The molecule has 2 aliphatic carbocycles. The van der Waals surface area contributed by atoms with Crippen LogP contribution in [0.3, 0.4) is 0 Å². The molecule has 0 aromatic heterocycles. The third kappa shape index (κ3) is 5.09. The van der Waals surface area contributed by atoms with Crippen LogP contribution in [0.15, 0.2) is 72.3 Å². The first kappa shape index (κ1) is 30.9. The molecule has 1 saturated carbocycles. The molecule has 2 heterocycles. The molecule has 0 radical (unpaired) electrons. The number of likely N-dealkylation sites (tertiary alicyclic amines) is 1. The molecular weight excluding hydrogens is 589 g/mol. The smallest absolute Gasteiger partial charge is 0.421 e. The molecule has 1 unspecified atom stereocenters. The molecule has 46 heavy (non-hydrogen) atoms. The Balaban J connectivity index is 1.28. The second-order valence-corrected chi connectivity index (χ2v) is 14.2. The highest BCUT2D eigenvalue weighted by Crippen LogP contribution is 2.66. The average molecular weight is 632 g/mol. The van der Waals surface area contributed by atoms with Crippen LogP contribution in [0.25, 0.3) is 6.08 Å². The number of alkyl halides is 3. The Hall–Kier alpha value is -3.78. The Morgan fingerprint density at radius 3 is 2.52 bits per heavy atom. The van der Waals surface area contributed by atoms with Crippen LogP contribution in [0, 0.1) is 11.8 Å². The average Bonchev–Trinajstić information content (AvgIpc) is 3.36. The van der Waals surface area contributed by atoms with Crippen molar-refractivity contribution >= 4 is 17.7 Å². The first-order valence-corrected chi connectivity index (χ1v) is 16.6. The number of rotatable bonds is 8. The number of ether oxygens (including phenoxy) is 1. The van der Waals surface area contributed by atoms with Gasteiger partial charge in [0.05, 0.1) is 36.8 Å². The predicted molar refractivity (Wildman–Crippen MR) is 173 cm³/mol. The molecule has 8 heteroatoms. The number of anilines is 1. The molecule has 5 atom stereocenters. The maximum absolute atomic E-state index is 14.2. The Morgan fingerprint density at radius 2 is 1.83 bits per heavy atom. The lowest BCUT2D eigenvalue weighted by molar-refractivity contribution is -0.964. The number of nitrogens with one attached hydrogen (secondary N) is 1. The largest absolute Gasteiger partial charge is 0.508 e. The maximum Gasteiger partial charge on any atom is 0.421 e. The zero-order chi connectivity index (χ0) is 32.3. The highest BCUT2D eigenvalue weighted by atomic mass is 19.4. The number of hydrogen-bond donors (Lipinski definition) is 2. The maximum atomic E-state index is 14.2. The van der Waals surface area contributed by atoms with E-state index in [0.717, 1.165) is 73.4 Å². The van der Waals surface area contributed by atoms with Gasteiger partial charge in [0.2, 0.25) is 0 Å². The topological polar surface area (TPSA) is 58.6 Å². The molecular formula is C38H42F3N2O3+. The second kappa shape index (κ2) is 11.5. The Labute approximate surface area is 268 Å². The summed E-state index contributed by atoms with van der Waals surface area (Å²) in [6.45, 7) is 7.65. The fraction of sp³-hybridized carbons (Fsp3) is 0.447. The third-order valence-electron chi connectivity index (χ3n) is 11.2. The first-order valence-electron chi connectivity index (χ1n) is 16.6. The van der Waals surface area contributed by atoms with Gasteiger partial charge in [-0.15, -0.1) is 0 Å². The zero-order valence-electron chi connectivity index (χ0n) is 26.4. The molecule has 1 amide bonds. The van der Waals surface area contributed by atoms with Crippen molar-refractivity contribution < 1.29 is 32.3 Å². The third-order valence-corrected chi connectivity index (χ3v) is 11.2. The molecule has 2 N–H and O–H groups in total. The van der Waals surface area contributed by atoms with E-state index in [1.807, 2.05) is 6.07 Å². The number of carbonyl (C=O) groups excluding carboxylic acids is 1. The number of amides is 1. The van der Waals surface area contributed by atoms with Gasteiger partial charge in [-0.25, -0.2) is 0 Å². The van der Waals surface area contributed by atoms with Crippen LogP contribution in [-0.4, -0.2) is 53.5 Å². The summed E-state index contributed by atoms with van der Waals surface area (Å²) in [6.07, 6.45) is 1.34. The molecule has 1 spiro atoms. The molecule has 4 aliphatic rings. The van der Waals surface area contributed by atoms with Crippen LogP contribution in [-0.2, 0) is 23.1 Å². The van der Waals surface area contributed by atoms with Gasteiger partial charge in [-0.1, -0.05) is 74.5 Å². The van der Waals surface area contributed by atoms with Crippen LogP contribution in [0.5, 0.6) is 11.5 Å². The van der Waals surface area contributed by atoms with E-state index in [1.54, 1.807) is 18.2 Å². The number of piperidine rings is 1. The van der Waals surface area contributed by atoms with E-state index in [9.17, 15) is 23.1 Å². The van der Waals surface area contributed by atoms with Crippen molar-refractivity contribution in [3.63, 3.8) is 0 Å². The standard InChI is InChI=1S/C38H41F3N2O3/c1-24(2)23-43(18-16-25-10-5-3-6-11-25)19-17-37-28-14-9-15-33(37)46-35-30(22-32(44)27(34(35)37)21-31(28)43)42-36(45)29(38(39,40)41)20-26-12-7-4-8-13-26/h3-8,10-13,20,22,24,28,31,33H,9,14-19,21,23H2,1-2H3,(H-,42,44,45)/p+1/t28-,31+,33-,37+,43?/m0/s1. The minimum absolute atomic E-state index is 0.0277. The van der Waals surface area contributed by atoms with E-state index in [2.05, 4.69) is 43.4 Å². The molecule has 2 aliphatic heterocycles. The van der Waals surface area contributed by atoms with Crippen LogP contribution < -0.4 is 10.1 Å². The van der Waals surface area contributed by atoms with Gasteiger partial charge in [0.1, 0.15) is 23.2 Å². The fourth-order valence-electron chi connectivity index (χ4n) is 9.54. The van der Waals surface area contributed by atoms with Gasteiger partial charge < -0.3 is 19.6 Å². The van der Waals surface area contributed by atoms with Gasteiger partial charge in [0.25, 0.3) is 5.91 Å². The SMILES string of the molecule is CC(C)C[N+]1(CCc2ccccc2)CC[C@]23c4c5c(O)cc(NC(=O)C(=Cc6ccccc6)C(F)(F)F)c4O[C@H]2CCC[C@H]3[C@H]1C5. The fourth-order valence-corrected chi connectivity index (χ4v) is 9.54. The molecule has 5 nitrogen and oxygen atoms in total. The lowest BCUT2D eigenvalue weighted by Gasteiger charge is -2.62. The van der Waals surface area contributed by atoms with E-state index >= 15 is 0 Å². The summed E-state index contributed by atoms with van der Waals surface area (Å²) < 4.78 is 50.2. The Kier molecular flexibility index (Phi) is 7.70. The van der Waals surface area contributed by atoms with Crippen molar-refractivity contribution in [3.05, 3.63) is 94.6 Å². The van der Waals surface area contributed by atoms with Crippen molar-refractivity contribution in [2.45, 2.75) is 76.1 Å². The monoisotopic (exact) mass is 631 g/mol. The lowest BCUT2D eigenvalue weighted by atomic mass is 9.51.